The first-order valence-electron chi connectivity index (χ1n) is 6.55. The molecule has 0 radical (unpaired) electrons. The van der Waals surface area contributed by atoms with Crippen LogP contribution in [-0.2, 0) is 12.8 Å². The van der Waals surface area contributed by atoms with E-state index in [0.717, 1.165) is 29.7 Å². The fourth-order valence-corrected chi connectivity index (χ4v) is 2.79. The van der Waals surface area contributed by atoms with Crippen LogP contribution in [-0.4, -0.2) is 39.7 Å². The van der Waals surface area contributed by atoms with E-state index < -0.39 is 12.5 Å². The van der Waals surface area contributed by atoms with Crippen LogP contribution in [0.4, 0.5) is 5.69 Å². The summed E-state index contributed by atoms with van der Waals surface area (Å²) in [5.41, 5.74) is 3.19. The molecule has 5 heteroatoms. The summed E-state index contributed by atoms with van der Waals surface area (Å²) in [5, 5.41) is 20.6. The zero-order valence-corrected chi connectivity index (χ0v) is 12.3. The Morgan fingerprint density at radius 2 is 1.63 bits per heavy atom. The second kappa shape index (κ2) is 5.45. The molecule has 19 heavy (non-hydrogen) atoms. The molecule has 0 aliphatic carbocycles. The van der Waals surface area contributed by atoms with Gasteiger partial charge in [-0.2, -0.15) is 0 Å². The number of para-hydroxylation sites is 1. The SMILES string of the molecule is CCc1cccc(CC)c1N1C(=S)N(C)C(O)C1O. The van der Waals surface area contributed by atoms with Crippen molar-refractivity contribution in [2.45, 2.75) is 39.1 Å². The van der Waals surface area contributed by atoms with Gasteiger partial charge in [0.05, 0.1) is 5.69 Å². The van der Waals surface area contributed by atoms with Gasteiger partial charge in [-0.25, -0.2) is 0 Å². The van der Waals surface area contributed by atoms with Gasteiger partial charge >= 0.3 is 0 Å². The lowest BCUT2D eigenvalue weighted by Gasteiger charge is -2.26. The number of likely N-dealkylation sites (N-methyl/N-ethyl adjacent to an activating group) is 1. The molecule has 1 fully saturated rings. The Bertz CT molecular complexity index is 470. The quantitative estimate of drug-likeness (QED) is 0.821. The van der Waals surface area contributed by atoms with Crippen molar-refractivity contribution in [2.24, 2.45) is 0 Å². The zero-order chi connectivity index (χ0) is 14.2. The summed E-state index contributed by atoms with van der Waals surface area (Å²) >= 11 is 5.35. The lowest BCUT2D eigenvalue weighted by Crippen LogP contribution is -2.37. The predicted molar refractivity (Wildman–Crippen MR) is 80.1 cm³/mol. The van der Waals surface area contributed by atoms with Crippen molar-refractivity contribution >= 4 is 23.0 Å². The lowest BCUT2D eigenvalue weighted by molar-refractivity contribution is -0.0155. The van der Waals surface area contributed by atoms with Crippen LogP contribution in [0.15, 0.2) is 18.2 Å². The average Bonchev–Trinajstić information content (AvgIpc) is 2.62. The Hall–Kier alpha value is -1.17. The number of anilines is 1. The predicted octanol–water partition coefficient (Wildman–Crippen LogP) is 1.48. The molecule has 0 saturated carbocycles. The summed E-state index contributed by atoms with van der Waals surface area (Å²) < 4.78 is 0. The van der Waals surface area contributed by atoms with Crippen molar-refractivity contribution in [1.82, 2.24) is 4.90 Å². The minimum absolute atomic E-state index is 0.454. The number of thiocarbonyl (C=S) groups is 1. The van der Waals surface area contributed by atoms with E-state index in [-0.39, 0.29) is 0 Å². The minimum atomic E-state index is -1.02. The van der Waals surface area contributed by atoms with Crippen molar-refractivity contribution in [3.8, 4) is 0 Å². The fraction of sp³-hybridized carbons (Fsp3) is 0.500. The second-order valence-electron chi connectivity index (χ2n) is 4.72. The largest absolute Gasteiger partial charge is 0.369 e. The van der Waals surface area contributed by atoms with E-state index in [1.54, 1.807) is 11.9 Å². The highest BCUT2D eigenvalue weighted by Crippen LogP contribution is 2.33. The third kappa shape index (κ3) is 2.22. The van der Waals surface area contributed by atoms with Crippen LogP contribution in [0.2, 0.25) is 0 Å². The van der Waals surface area contributed by atoms with Crippen molar-refractivity contribution in [1.29, 1.82) is 0 Å². The number of nitrogens with zero attached hydrogens (tertiary/aromatic N) is 2. The minimum Gasteiger partial charge on any atom is -0.369 e. The van der Waals surface area contributed by atoms with E-state index in [4.69, 9.17) is 12.2 Å². The molecule has 1 aliphatic rings. The van der Waals surface area contributed by atoms with Gasteiger partial charge in [0.2, 0.25) is 0 Å². The molecule has 1 aromatic rings. The van der Waals surface area contributed by atoms with Crippen LogP contribution >= 0.6 is 12.2 Å². The van der Waals surface area contributed by atoms with E-state index in [2.05, 4.69) is 13.8 Å². The molecule has 104 valence electrons. The second-order valence-corrected chi connectivity index (χ2v) is 5.09. The maximum atomic E-state index is 10.2. The Labute approximate surface area is 119 Å². The van der Waals surface area contributed by atoms with E-state index in [0.29, 0.717) is 5.11 Å². The van der Waals surface area contributed by atoms with Crippen LogP contribution in [0.5, 0.6) is 0 Å². The molecule has 0 bridgehead atoms. The van der Waals surface area contributed by atoms with Crippen LogP contribution in [0.3, 0.4) is 0 Å². The van der Waals surface area contributed by atoms with Gasteiger partial charge in [0.1, 0.15) is 0 Å². The van der Waals surface area contributed by atoms with E-state index in [1.807, 2.05) is 18.2 Å². The topological polar surface area (TPSA) is 46.9 Å². The first-order chi connectivity index (χ1) is 9.02. The van der Waals surface area contributed by atoms with Crippen molar-refractivity contribution in [2.75, 3.05) is 11.9 Å². The third-order valence-corrected chi connectivity index (χ3v) is 4.13. The number of hydrogen-bond donors (Lipinski definition) is 2. The molecule has 2 rings (SSSR count). The van der Waals surface area contributed by atoms with Gasteiger partial charge in [-0.1, -0.05) is 32.0 Å². The molecular formula is C14H20N2O2S. The Balaban J connectivity index is 2.55. The van der Waals surface area contributed by atoms with Gasteiger partial charge < -0.3 is 15.1 Å². The first-order valence-corrected chi connectivity index (χ1v) is 6.96. The lowest BCUT2D eigenvalue weighted by atomic mass is 10.0. The molecule has 1 saturated heterocycles. The van der Waals surface area contributed by atoms with Crippen LogP contribution in [0.1, 0.15) is 25.0 Å². The van der Waals surface area contributed by atoms with Gasteiger partial charge in [0.25, 0.3) is 0 Å². The summed E-state index contributed by atoms with van der Waals surface area (Å²) in [6, 6.07) is 6.09. The maximum Gasteiger partial charge on any atom is 0.180 e. The zero-order valence-electron chi connectivity index (χ0n) is 11.5. The van der Waals surface area contributed by atoms with Gasteiger partial charge in [0, 0.05) is 7.05 Å². The van der Waals surface area contributed by atoms with Crippen molar-refractivity contribution in [3.63, 3.8) is 0 Å². The van der Waals surface area contributed by atoms with E-state index in [9.17, 15) is 10.2 Å². The number of aliphatic hydroxyl groups excluding tert-OH is 2. The Kier molecular flexibility index (Phi) is 4.08. The van der Waals surface area contributed by atoms with Crippen LogP contribution in [0.25, 0.3) is 0 Å². The number of benzene rings is 1. The molecule has 1 heterocycles. The molecular weight excluding hydrogens is 260 g/mol. The van der Waals surface area contributed by atoms with Gasteiger partial charge in [0.15, 0.2) is 17.6 Å². The first kappa shape index (κ1) is 14.2. The number of aliphatic hydroxyl groups is 2. The summed E-state index contributed by atoms with van der Waals surface area (Å²) in [5.74, 6) is 0. The molecule has 1 aliphatic heterocycles. The normalized spacial score (nSPS) is 23.3. The molecule has 2 atom stereocenters. The summed E-state index contributed by atoms with van der Waals surface area (Å²) in [6.07, 6.45) is -0.290. The average molecular weight is 280 g/mol. The molecule has 2 N–H and O–H groups in total. The molecule has 2 unspecified atom stereocenters. The molecule has 0 amide bonds. The Morgan fingerprint density at radius 1 is 1.11 bits per heavy atom. The number of aryl methyl sites for hydroxylation is 2. The van der Waals surface area contributed by atoms with E-state index >= 15 is 0 Å². The molecule has 0 aromatic heterocycles. The monoisotopic (exact) mass is 280 g/mol. The highest BCUT2D eigenvalue weighted by atomic mass is 32.1. The van der Waals surface area contributed by atoms with Crippen LogP contribution in [0, 0.1) is 0 Å². The van der Waals surface area contributed by atoms with Crippen molar-refractivity contribution in [3.05, 3.63) is 29.3 Å². The number of hydrogen-bond acceptors (Lipinski definition) is 3. The van der Waals surface area contributed by atoms with Gasteiger partial charge in [-0.3, -0.25) is 4.90 Å². The smallest absolute Gasteiger partial charge is 0.180 e. The summed E-state index contributed by atoms with van der Waals surface area (Å²) in [4.78, 5) is 3.18. The molecule has 0 spiro atoms. The van der Waals surface area contributed by atoms with Gasteiger partial charge in [-0.05, 0) is 36.2 Å². The highest BCUT2D eigenvalue weighted by Gasteiger charge is 2.41. The third-order valence-electron chi connectivity index (χ3n) is 3.64. The summed E-state index contributed by atoms with van der Waals surface area (Å²) in [6.45, 7) is 4.15. The number of rotatable bonds is 3. The Morgan fingerprint density at radius 3 is 2.00 bits per heavy atom. The van der Waals surface area contributed by atoms with Crippen molar-refractivity contribution < 1.29 is 10.2 Å². The van der Waals surface area contributed by atoms with Crippen LogP contribution < -0.4 is 4.90 Å². The van der Waals surface area contributed by atoms with E-state index in [1.165, 1.54) is 4.90 Å². The molecule has 1 aromatic carbocycles. The molecule has 4 nitrogen and oxygen atoms in total. The highest BCUT2D eigenvalue weighted by molar-refractivity contribution is 7.80. The standard InChI is InChI=1S/C14H20N2O2S/c1-4-9-7-6-8-10(5-2)11(9)16-13(18)12(17)15(3)14(16)19/h6-8,12-13,17-18H,4-5H2,1-3H3. The maximum absolute atomic E-state index is 10.2. The summed E-state index contributed by atoms with van der Waals surface area (Å²) in [7, 11) is 1.69. The van der Waals surface area contributed by atoms with Gasteiger partial charge in [-0.15, -0.1) is 0 Å². The fourth-order valence-electron chi connectivity index (χ4n) is 2.48.